The lowest BCUT2D eigenvalue weighted by Gasteiger charge is -2.33. The lowest BCUT2D eigenvalue weighted by molar-refractivity contribution is 0.179. The molecule has 0 spiro atoms. The second-order valence-electron chi connectivity index (χ2n) is 6.22. The fourth-order valence-electron chi connectivity index (χ4n) is 2.98. The molecule has 0 saturated carbocycles. The highest BCUT2D eigenvalue weighted by molar-refractivity contribution is 7.91. The standard InChI is InChI=1S/C17H26N2O3S/c1-3-23(21,22)13-14(2)18-17(20)19-11-9-16(10-12-19)15-7-5-4-6-8-15/h4-8,14,16H,3,9-13H2,1-2H3,(H,18,20). The molecule has 23 heavy (non-hydrogen) atoms. The van der Waals surface area contributed by atoms with E-state index in [1.807, 2.05) is 18.2 Å². The molecule has 1 aliphatic heterocycles. The van der Waals surface area contributed by atoms with E-state index in [9.17, 15) is 13.2 Å². The van der Waals surface area contributed by atoms with Crippen LogP contribution >= 0.6 is 0 Å². The predicted octanol–water partition coefficient (Wildman–Crippen LogP) is 2.40. The van der Waals surface area contributed by atoms with Crippen LogP contribution in [0.2, 0.25) is 0 Å². The van der Waals surface area contributed by atoms with E-state index in [0.29, 0.717) is 19.0 Å². The van der Waals surface area contributed by atoms with E-state index in [1.54, 1.807) is 18.7 Å². The number of likely N-dealkylation sites (tertiary alicyclic amines) is 1. The monoisotopic (exact) mass is 338 g/mol. The number of rotatable bonds is 5. The molecule has 6 heteroatoms. The second kappa shape index (κ2) is 7.81. The molecule has 1 aromatic rings. The molecule has 0 aromatic heterocycles. The molecule has 1 saturated heterocycles. The Morgan fingerprint density at radius 1 is 1.26 bits per heavy atom. The third-order valence-electron chi connectivity index (χ3n) is 4.37. The highest BCUT2D eigenvalue weighted by atomic mass is 32.2. The molecule has 5 nitrogen and oxygen atoms in total. The van der Waals surface area contributed by atoms with Crippen molar-refractivity contribution >= 4 is 15.9 Å². The summed E-state index contributed by atoms with van der Waals surface area (Å²) in [7, 11) is -3.07. The van der Waals surface area contributed by atoms with E-state index in [4.69, 9.17) is 0 Å². The summed E-state index contributed by atoms with van der Waals surface area (Å²) in [5, 5.41) is 2.80. The molecule has 0 bridgehead atoms. The van der Waals surface area contributed by atoms with Crippen LogP contribution in [0.4, 0.5) is 4.79 Å². The van der Waals surface area contributed by atoms with Gasteiger partial charge in [0, 0.05) is 24.9 Å². The highest BCUT2D eigenvalue weighted by Crippen LogP contribution is 2.27. The number of urea groups is 1. The fraction of sp³-hybridized carbons (Fsp3) is 0.588. The molecule has 1 aromatic carbocycles. The van der Waals surface area contributed by atoms with E-state index in [-0.39, 0.29) is 23.6 Å². The number of benzene rings is 1. The van der Waals surface area contributed by atoms with E-state index >= 15 is 0 Å². The molecule has 1 atom stereocenters. The maximum atomic E-state index is 12.2. The molecule has 128 valence electrons. The van der Waals surface area contributed by atoms with Crippen molar-refractivity contribution in [2.24, 2.45) is 0 Å². The minimum Gasteiger partial charge on any atom is -0.335 e. The van der Waals surface area contributed by atoms with Crippen LogP contribution in [0.25, 0.3) is 0 Å². The Hall–Kier alpha value is -1.56. The average molecular weight is 338 g/mol. The first-order chi connectivity index (χ1) is 10.9. The van der Waals surface area contributed by atoms with Crippen molar-refractivity contribution in [1.82, 2.24) is 10.2 Å². The van der Waals surface area contributed by atoms with E-state index in [2.05, 4.69) is 17.4 Å². The van der Waals surface area contributed by atoms with Crippen molar-refractivity contribution in [3.05, 3.63) is 35.9 Å². The van der Waals surface area contributed by atoms with Gasteiger partial charge in [0.1, 0.15) is 0 Å². The van der Waals surface area contributed by atoms with Gasteiger partial charge in [-0.2, -0.15) is 0 Å². The number of hydrogen-bond acceptors (Lipinski definition) is 3. The maximum Gasteiger partial charge on any atom is 0.317 e. The summed E-state index contributed by atoms with van der Waals surface area (Å²) in [5.41, 5.74) is 1.33. The van der Waals surface area contributed by atoms with Crippen LogP contribution in [-0.2, 0) is 9.84 Å². The first kappa shape index (κ1) is 17.8. The molecule has 0 aliphatic carbocycles. The first-order valence-corrected chi connectivity index (χ1v) is 10.0. The Morgan fingerprint density at radius 3 is 2.43 bits per heavy atom. The van der Waals surface area contributed by atoms with Crippen molar-refractivity contribution < 1.29 is 13.2 Å². The van der Waals surface area contributed by atoms with Crippen LogP contribution in [0.1, 0.15) is 38.2 Å². The molecule has 1 aliphatic rings. The number of carbonyl (C=O) groups excluding carboxylic acids is 1. The average Bonchev–Trinajstić information content (AvgIpc) is 2.55. The predicted molar refractivity (Wildman–Crippen MR) is 92.3 cm³/mol. The van der Waals surface area contributed by atoms with Crippen molar-refractivity contribution in [3.8, 4) is 0 Å². The third kappa shape index (κ3) is 5.23. The van der Waals surface area contributed by atoms with Crippen molar-refractivity contribution in [2.75, 3.05) is 24.6 Å². The Bertz CT molecular complexity index is 608. The summed E-state index contributed by atoms with van der Waals surface area (Å²) in [5.74, 6) is 0.601. The van der Waals surface area contributed by atoms with Crippen LogP contribution in [-0.4, -0.2) is 50.0 Å². The van der Waals surface area contributed by atoms with E-state index in [1.165, 1.54) is 5.56 Å². The zero-order valence-corrected chi connectivity index (χ0v) is 14.7. The number of sulfone groups is 1. The van der Waals surface area contributed by atoms with Crippen molar-refractivity contribution in [2.45, 2.75) is 38.6 Å². The molecule has 1 N–H and O–H groups in total. The van der Waals surface area contributed by atoms with Gasteiger partial charge in [-0.3, -0.25) is 0 Å². The minimum absolute atomic E-state index is 0.00425. The van der Waals surface area contributed by atoms with Crippen LogP contribution in [0, 0.1) is 0 Å². The number of hydrogen-bond donors (Lipinski definition) is 1. The number of carbonyl (C=O) groups is 1. The fourth-order valence-corrected chi connectivity index (χ4v) is 4.06. The summed E-state index contributed by atoms with van der Waals surface area (Å²) in [4.78, 5) is 14.0. The quantitative estimate of drug-likeness (QED) is 0.896. The lowest BCUT2D eigenvalue weighted by atomic mass is 9.90. The Kier molecular flexibility index (Phi) is 6.04. The van der Waals surface area contributed by atoms with Gasteiger partial charge < -0.3 is 10.2 Å². The summed E-state index contributed by atoms with van der Waals surface area (Å²) in [6.07, 6.45) is 1.89. The van der Waals surface area contributed by atoms with Gasteiger partial charge in [0.2, 0.25) is 0 Å². The van der Waals surface area contributed by atoms with Gasteiger partial charge in [-0.1, -0.05) is 37.3 Å². The Morgan fingerprint density at radius 2 is 1.87 bits per heavy atom. The molecular formula is C17H26N2O3S. The number of nitrogens with one attached hydrogen (secondary N) is 1. The smallest absolute Gasteiger partial charge is 0.317 e. The van der Waals surface area contributed by atoms with Gasteiger partial charge in [-0.15, -0.1) is 0 Å². The topological polar surface area (TPSA) is 66.5 Å². The molecule has 1 heterocycles. The highest BCUT2D eigenvalue weighted by Gasteiger charge is 2.25. The first-order valence-electron chi connectivity index (χ1n) is 8.22. The van der Waals surface area contributed by atoms with E-state index < -0.39 is 9.84 Å². The van der Waals surface area contributed by atoms with Crippen molar-refractivity contribution in [1.29, 1.82) is 0 Å². The third-order valence-corrected chi connectivity index (χ3v) is 6.25. The number of amides is 2. The summed E-state index contributed by atoms with van der Waals surface area (Å²) < 4.78 is 23.2. The molecule has 2 amide bonds. The van der Waals surface area contributed by atoms with Crippen LogP contribution in [0.3, 0.4) is 0 Å². The number of piperidine rings is 1. The molecular weight excluding hydrogens is 312 g/mol. The van der Waals surface area contributed by atoms with Gasteiger partial charge in [0.05, 0.1) is 5.75 Å². The van der Waals surface area contributed by atoms with E-state index in [0.717, 1.165) is 12.8 Å². The summed E-state index contributed by atoms with van der Waals surface area (Å²) >= 11 is 0. The molecule has 1 unspecified atom stereocenters. The minimum atomic E-state index is -3.07. The zero-order valence-electron chi connectivity index (χ0n) is 13.9. The SMILES string of the molecule is CCS(=O)(=O)CC(C)NC(=O)N1CCC(c2ccccc2)CC1. The summed E-state index contributed by atoms with van der Waals surface area (Å²) in [6, 6.07) is 9.86. The van der Waals surface area contributed by atoms with Crippen LogP contribution in [0.5, 0.6) is 0 Å². The van der Waals surface area contributed by atoms with Gasteiger partial charge >= 0.3 is 6.03 Å². The molecule has 1 fully saturated rings. The number of nitrogens with zero attached hydrogens (tertiary/aromatic N) is 1. The largest absolute Gasteiger partial charge is 0.335 e. The molecule has 0 radical (unpaired) electrons. The maximum absolute atomic E-state index is 12.2. The van der Waals surface area contributed by atoms with Gasteiger partial charge in [0.15, 0.2) is 9.84 Å². The Labute approximate surface area is 139 Å². The van der Waals surface area contributed by atoms with Gasteiger partial charge in [-0.25, -0.2) is 13.2 Å². The van der Waals surface area contributed by atoms with Gasteiger partial charge in [0.25, 0.3) is 0 Å². The Balaban J connectivity index is 1.82. The second-order valence-corrected chi connectivity index (χ2v) is 8.62. The van der Waals surface area contributed by atoms with Crippen molar-refractivity contribution in [3.63, 3.8) is 0 Å². The lowest BCUT2D eigenvalue weighted by Crippen LogP contribution is -2.48. The summed E-state index contributed by atoms with van der Waals surface area (Å²) in [6.45, 7) is 4.78. The molecule has 2 rings (SSSR count). The zero-order chi connectivity index (χ0) is 16.9. The van der Waals surface area contributed by atoms with Crippen LogP contribution < -0.4 is 5.32 Å². The van der Waals surface area contributed by atoms with Crippen LogP contribution in [0.15, 0.2) is 30.3 Å². The normalized spacial score (nSPS) is 17.7. The van der Waals surface area contributed by atoms with Gasteiger partial charge in [-0.05, 0) is 31.2 Å².